The molecule has 0 radical (unpaired) electrons. The molecule has 1 aromatic heterocycles. The minimum atomic E-state index is -0.452. The molecule has 4 rings (SSSR count). The summed E-state index contributed by atoms with van der Waals surface area (Å²) >= 11 is 3.38. The summed E-state index contributed by atoms with van der Waals surface area (Å²) in [4.78, 5) is 31.8. The fraction of sp³-hybridized carbons (Fsp3) is 0.154. The largest absolute Gasteiger partial charge is 0.483 e. The molecule has 3 aromatic carbocycles. The molecule has 0 aliphatic heterocycles. The molecule has 4 aromatic rings. The van der Waals surface area contributed by atoms with Crippen LogP contribution in [-0.4, -0.2) is 42.5 Å². The van der Waals surface area contributed by atoms with Crippen LogP contribution in [0.5, 0.6) is 5.75 Å². The molecule has 1 heterocycles. The number of amides is 1. The highest BCUT2D eigenvalue weighted by atomic mass is 79.9. The van der Waals surface area contributed by atoms with Gasteiger partial charge in [0.25, 0.3) is 11.5 Å². The first-order valence-electron chi connectivity index (χ1n) is 10.9. The Bertz CT molecular complexity index is 1530. The second-order valence-corrected chi connectivity index (χ2v) is 9.06. The van der Waals surface area contributed by atoms with E-state index >= 15 is 0 Å². The number of hydrogen-bond acceptors (Lipinski definition) is 6. The first-order valence-corrected chi connectivity index (χ1v) is 11.7. The average Bonchev–Trinajstić information content (AvgIpc) is 2.83. The van der Waals surface area contributed by atoms with Crippen LogP contribution in [0.4, 0.5) is 15.8 Å². The molecule has 8 nitrogen and oxygen atoms in total. The SMILES string of the molecule is Cc1nc2ccc(Br)cc2c(=O)n1N=Cc1ccc(N(C)C)cc1OCC(=O)Nc1cccc(F)c1. The number of rotatable bonds is 7. The van der Waals surface area contributed by atoms with Crippen molar-refractivity contribution in [2.45, 2.75) is 6.92 Å². The Hall–Kier alpha value is -4.05. The zero-order chi connectivity index (χ0) is 25.8. The Morgan fingerprint density at radius 2 is 2.00 bits per heavy atom. The number of aryl methyl sites for hydroxylation is 1. The lowest BCUT2D eigenvalue weighted by Gasteiger charge is -2.16. The lowest BCUT2D eigenvalue weighted by molar-refractivity contribution is -0.118. The third-order valence-corrected chi connectivity index (χ3v) is 5.76. The van der Waals surface area contributed by atoms with Crippen LogP contribution in [0, 0.1) is 12.7 Å². The van der Waals surface area contributed by atoms with Crippen LogP contribution in [0.3, 0.4) is 0 Å². The van der Waals surface area contributed by atoms with Gasteiger partial charge >= 0.3 is 0 Å². The topological polar surface area (TPSA) is 88.8 Å². The van der Waals surface area contributed by atoms with Crippen molar-refractivity contribution in [2.24, 2.45) is 5.10 Å². The molecule has 0 fully saturated rings. The lowest BCUT2D eigenvalue weighted by atomic mass is 10.2. The van der Waals surface area contributed by atoms with Crippen molar-refractivity contribution in [1.82, 2.24) is 9.66 Å². The van der Waals surface area contributed by atoms with Crippen LogP contribution in [0.25, 0.3) is 10.9 Å². The monoisotopic (exact) mass is 551 g/mol. The van der Waals surface area contributed by atoms with Crippen LogP contribution in [0.2, 0.25) is 0 Å². The van der Waals surface area contributed by atoms with Crippen molar-refractivity contribution in [2.75, 3.05) is 30.9 Å². The Kier molecular flexibility index (Phi) is 7.44. The van der Waals surface area contributed by atoms with E-state index in [4.69, 9.17) is 4.74 Å². The molecule has 10 heteroatoms. The number of carbonyl (C=O) groups is 1. The molecule has 0 spiro atoms. The predicted octanol–water partition coefficient (Wildman–Crippen LogP) is 4.57. The van der Waals surface area contributed by atoms with Crippen molar-refractivity contribution in [3.63, 3.8) is 0 Å². The molecule has 0 bridgehead atoms. The number of aromatic nitrogens is 2. The summed E-state index contributed by atoms with van der Waals surface area (Å²) in [7, 11) is 3.76. The molecule has 1 N–H and O–H groups in total. The van der Waals surface area contributed by atoms with Gasteiger partial charge in [0.1, 0.15) is 17.4 Å². The molecule has 184 valence electrons. The number of fused-ring (bicyclic) bond motifs is 1. The minimum Gasteiger partial charge on any atom is -0.483 e. The molecular weight excluding hydrogens is 529 g/mol. The van der Waals surface area contributed by atoms with Gasteiger partial charge in [-0.15, -0.1) is 0 Å². The predicted molar refractivity (Wildman–Crippen MR) is 143 cm³/mol. The van der Waals surface area contributed by atoms with Gasteiger partial charge in [-0.25, -0.2) is 9.37 Å². The molecule has 0 aliphatic rings. The molecule has 0 saturated carbocycles. The van der Waals surface area contributed by atoms with Gasteiger partial charge in [0.15, 0.2) is 6.61 Å². The van der Waals surface area contributed by atoms with Crippen molar-refractivity contribution in [3.05, 3.63) is 92.7 Å². The van der Waals surface area contributed by atoms with Gasteiger partial charge in [0.2, 0.25) is 0 Å². The Morgan fingerprint density at radius 3 is 2.75 bits per heavy atom. The van der Waals surface area contributed by atoms with Crippen LogP contribution >= 0.6 is 15.9 Å². The van der Waals surface area contributed by atoms with Crippen LogP contribution in [0.15, 0.2) is 75.0 Å². The molecule has 0 saturated heterocycles. The second-order valence-electron chi connectivity index (χ2n) is 8.15. The number of carbonyl (C=O) groups excluding carboxylic acids is 1. The number of anilines is 2. The summed E-state index contributed by atoms with van der Waals surface area (Å²) in [6.45, 7) is 1.39. The first kappa shape index (κ1) is 25.1. The van der Waals surface area contributed by atoms with Crippen LogP contribution in [0.1, 0.15) is 11.4 Å². The highest BCUT2D eigenvalue weighted by Crippen LogP contribution is 2.24. The average molecular weight is 552 g/mol. The normalized spacial score (nSPS) is 11.1. The number of benzene rings is 3. The van der Waals surface area contributed by atoms with Crippen molar-refractivity contribution in [1.29, 1.82) is 0 Å². The molecule has 0 aliphatic carbocycles. The zero-order valence-corrected chi connectivity index (χ0v) is 21.4. The third kappa shape index (κ3) is 5.77. The van der Waals surface area contributed by atoms with E-state index in [1.165, 1.54) is 29.1 Å². The molecule has 0 unspecified atom stereocenters. The van der Waals surface area contributed by atoms with E-state index in [0.717, 1.165) is 10.2 Å². The third-order valence-electron chi connectivity index (χ3n) is 5.26. The molecule has 36 heavy (non-hydrogen) atoms. The smallest absolute Gasteiger partial charge is 0.282 e. The fourth-order valence-corrected chi connectivity index (χ4v) is 3.82. The summed E-state index contributed by atoms with van der Waals surface area (Å²) in [6.07, 6.45) is 1.49. The van der Waals surface area contributed by atoms with Crippen molar-refractivity contribution < 1.29 is 13.9 Å². The number of nitrogens with zero attached hydrogens (tertiary/aromatic N) is 4. The minimum absolute atomic E-state index is 0.307. The Balaban J connectivity index is 1.61. The van der Waals surface area contributed by atoms with Gasteiger partial charge in [-0.3, -0.25) is 9.59 Å². The number of nitrogens with one attached hydrogen (secondary N) is 1. The summed E-state index contributed by atoms with van der Waals surface area (Å²) in [5.41, 5.74) is 2.00. The highest BCUT2D eigenvalue weighted by Gasteiger charge is 2.11. The summed E-state index contributed by atoms with van der Waals surface area (Å²) < 4.78 is 21.2. The van der Waals surface area contributed by atoms with Gasteiger partial charge in [-0.1, -0.05) is 22.0 Å². The first-order chi connectivity index (χ1) is 17.2. The van der Waals surface area contributed by atoms with Gasteiger partial charge in [0.05, 0.1) is 17.1 Å². The Morgan fingerprint density at radius 1 is 1.19 bits per heavy atom. The second kappa shape index (κ2) is 10.7. The maximum atomic E-state index is 13.4. The maximum Gasteiger partial charge on any atom is 0.282 e. The summed E-state index contributed by atoms with van der Waals surface area (Å²) in [5, 5.41) is 7.39. The van der Waals surface area contributed by atoms with Gasteiger partial charge < -0.3 is 15.0 Å². The summed E-state index contributed by atoms with van der Waals surface area (Å²) in [6, 6.07) is 16.3. The van der Waals surface area contributed by atoms with Crippen molar-refractivity contribution >= 4 is 50.3 Å². The van der Waals surface area contributed by atoms with Crippen LogP contribution < -0.4 is 20.5 Å². The zero-order valence-electron chi connectivity index (χ0n) is 19.8. The van der Waals surface area contributed by atoms with E-state index < -0.39 is 11.7 Å². The van der Waals surface area contributed by atoms with Gasteiger partial charge in [-0.2, -0.15) is 9.78 Å². The van der Waals surface area contributed by atoms with E-state index in [2.05, 4.69) is 31.3 Å². The summed E-state index contributed by atoms with van der Waals surface area (Å²) in [5.74, 6) is -0.0865. The fourth-order valence-electron chi connectivity index (χ4n) is 3.46. The lowest BCUT2D eigenvalue weighted by Crippen LogP contribution is -2.21. The standard InChI is InChI=1S/C26H23BrFN5O3/c1-16-30-23-10-8-18(27)11-22(23)26(35)33(16)29-14-17-7-9-21(32(2)3)13-24(17)36-15-25(34)31-20-6-4-5-19(28)12-20/h4-14H,15H2,1-3H3,(H,31,34). The van der Waals surface area contributed by atoms with E-state index in [0.29, 0.717) is 33.7 Å². The van der Waals surface area contributed by atoms with E-state index in [1.54, 1.807) is 37.3 Å². The molecule has 1 amide bonds. The maximum absolute atomic E-state index is 13.4. The van der Waals surface area contributed by atoms with E-state index in [1.807, 2.05) is 31.1 Å². The molecular formula is C26H23BrFN5O3. The van der Waals surface area contributed by atoms with E-state index in [-0.39, 0.29) is 12.2 Å². The van der Waals surface area contributed by atoms with Gasteiger partial charge in [0, 0.05) is 41.6 Å². The Labute approximate surface area is 215 Å². The number of halogens is 2. The van der Waals surface area contributed by atoms with E-state index in [9.17, 15) is 14.0 Å². The van der Waals surface area contributed by atoms with Crippen LogP contribution in [-0.2, 0) is 4.79 Å². The number of ether oxygens (including phenoxy) is 1. The quantitative estimate of drug-likeness (QED) is 0.340. The molecule has 0 atom stereocenters. The van der Waals surface area contributed by atoms with Gasteiger partial charge in [-0.05, 0) is 55.5 Å². The number of hydrogen-bond donors (Lipinski definition) is 1. The highest BCUT2D eigenvalue weighted by molar-refractivity contribution is 9.10. The van der Waals surface area contributed by atoms with Crippen molar-refractivity contribution in [3.8, 4) is 5.75 Å².